The number of rotatable bonds is 1. The van der Waals surface area contributed by atoms with Gasteiger partial charge in [-0.05, 0) is 18.2 Å². The van der Waals surface area contributed by atoms with Crippen molar-refractivity contribution in [3.05, 3.63) is 38.9 Å². The van der Waals surface area contributed by atoms with E-state index in [9.17, 15) is 9.59 Å². The lowest BCUT2D eigenvalue weighted by Crippen LogP contribution is -2.27. The van der Waals surface area contributed by atoms with Crippen LogP contribution >= 0.6 is 0 Å². The third-order valence-corrected chi connectivity index (χ3v) is 2.28. The van der Waals surface area contributed by atoms with Gasteiger partial charge in [-0.25, -0.2) is 0 Å². The fraction of sp³-hybridized carbons (Fsp3) is 0.333. The first-order valence-corrected chi connectivity index (χ1v) is 5.40. The SMILES string of the molecule is CC.COc1ccc2c(=O)n(C)[nH]c(=O)c2c1. The number of methoxy groups -OCH3 is 1. The Balaban J connectivity index is 0.000000686. The van der Waals surface area contributed by atoms with E-state index in [-0.39, 0.29) is 11.1 Å². The van der Waals surface area contributed by atoms with Crippen LogP contribution in [0.25, 0.3) is 10.8 Å². The quantitative estimate of drug-likeness (QED) is 0.810. The molecule has 0 unspecified atom stereocenters. The smallest absolute Gasteiger partial charge is 0.272 e. The van der Waals surface area contributed by atoms with Crippen molar-refractivity contribution >= 4 is 10.8 Å². The first-order valence-electron chi connectivity index (χ1n) is 5.40. The highest BCUT2D eigenvalue weighted by atomic mass is 16.5. The van der Waals surface area contributed by atoms with Crippen molar-refractivity contribution in [2.75, 3.05) is 7.11 Å². The van der Waals surface area contributed by atoms with E-state index in [2.05, 4.69) is 5.10 Å². The molecule has 92 valence electrons. The van der Waals surface area contributed by atoms with Gasteiger partial charge in [-0.3, -0.25) is 19.4 Å². The van der Waals surface area contributed by atoms with Crippen molar-refractivity contribution in [2.45, 2.75) is 13.8 Å². The first kappa shape index (κ1) is 13.0. The van der Waals surface area contributed by atoms with Crippen molar-refractivity contribution in [2.24, 2.45) is 7.05 Å². The normalized spacial score (nSPS) is 9.65. The number of nitrogens with one attached hydrogen (secondary N) is 1. The zero-order chi connectivity index (χ0) is 13.0. The van der Waals surface area contributed by atoms with E-state index in [0.29, 0.717) is 16.5 Å². The molecule has 0 aliphatic carbocycles. The van der Waals surface area contributed by atoms with E-state index in [1.54, 1.807) is 18.2 Å². The fourth-order valence-electron chi connectivity index (χ4n) is 1.47. The molecular formula is C12H16N2O3. The second-order valence-electron chi connectivity index (χ2n) is 3.22. The van der Waals surface area contributed by atoms with Gasteiger partial charge < -0.3 is 4.74 Å². The molecular weight excluding hydrogens is 220 g/mol. The van der Waals surface area contributed by atoms with Crippen LogP contribution in [0.3, 0.4) is 0 Å². The number of H-pyrrole nitrogens is 1. The number of aromatic amines is 1. The Morgan fingerprint density at radius 3 is 2.41 bits per heavy atom. The van der Waals surface area contributed by atoms with Gasteiger partial charge in [0.1, 0.15) is 5.75 Å². The minimum Gasteiger partial charge on any atom is -0.497 e. The Labute approximate surface area is 98.6 Å². The summed E-state index contributed by atoms with van der Waals surface area (Å²) in [6.07, 6.45) is 0. The molecule has 0 saturated heterocycles. The van der Waals surface area contributed by atoms with Gasteiger partial charge in [0.2, 0.25) is 0 Å². The van der Waals surface area contributed by atoms with E-state index >= 15 is 0 Å². The molecule has 0 bridgehead atoms. The summed E-state index contributed by atoms with van der Waals surface area (Å²) < 4.78 is 6.15. The van der Waals surface area contributed by atoms with E-state index in [1.165, 1.54) is 14.2 Å². The van der Waals surface area contributed by atoms with Crippen LogP contribution in [0.5, 0.6) is 5.75 Å². The lowest BCUT2D eigenvalue weighted by molar-refractivity contribution is 0.415. The maximum absolute atomic E-state index is 11.6. The van der Waals surface area contributed by atoms with Crippen LogP contribution in [0.4, 0.5) is 0 Å². The average Bonchev–Trinajstić information content (AvgIpc) is 2.38. The Morgan fingerprint density at radius 1 is 1.18 bits per heavy atom. The van der Waals surface area contributed by atoms with Gasteiger partial charge in [0.05, 0.1) is 17.9 Å². The molecule has 0 amide bonds. The Kier molecular flexibility index (Phi) is 4.09. The number of aryl methyl sites for hydroxylation is 1. The number of hydrogen-bond acceptors (Lipinski definition) is 3. The van der Waals surface area contributed by atoms with Crippen molar-refractivity contribution in [3.8, 4) is 5.75 Å². The van der Waals surface area contributed by atoms with E-state index in [0.717, 1.165) is 4.68 Å². The number of fused-ring (bicyclic) bond motifs is 1. The van der Waals surface area contributed by atoms with Crippen molar-refractivity contribution in [1.29, 1.82) is 0 Å². The largest absolute Gasteiger partial charge is 0.497 e. The zero-order valence-electron chi connectivity index (χ0n) is 10.4. The van der Waals surface area contributed by atoms with E-state index in [1.807, 2.05) is 13.8 Å². The molecule has 1 aromatic heterocycles. The monoisotopic (exact) mass is 236 g/mol. The standard InChI is InChI=1S/C10H10N2O3.C2H6/c1-12-10(14)7-4-3-6(15-2)5-8(7)9(13)11-12;1-2/h3-5H,1-2H3,(H,11,13);1-2H3. The number of nitrogens with zero attached hydrogens (tertiary/aromatic N) is 1. The predicted molar refractivity (Wildman–Crippen MR) is 67.7 cm³/mol. The maximum atomic E-state index is 11.6. The van der Waals surface area contributed by atoms with E-state index in [4.69, 9.17) is 4.74 Å². The van der Waals surface area contributed by atoms with Gasteiger partial charge in [0, 0.05) is 7.05 Å². The summed E-state index contributed by atoms with van der Waals surface area (Å²) in [4.78, 5) is 23.2. The first-order chi connectivity index (χ1) is 8.13. The molecule has 2 rings (SSSR count). The minimum atomic E-state index is -0.300. The van der Waals surface area contributed by atoms with Crippen LogP contribution < -0.4 is 15.9 Å². The average molecular weight is 236 g/mol. The molecule has 17 heavy (non-hydrogen) atoms. The molecule has 0 radical (unpaired) electrons. The molecule has 1 N–H and O–H groups in total. The highest BCUT2D eigenvalue weighted by Crippen LogP contribution is 2.14. The van der Waals surface area contributed by atoms with Crippen LogP contribution in [0.2, 0.25) is 0 Å². The predicted octanol–water partition coefficient (Wildman–Crippen LogP) is 1.26. The lowest BCUT2D eigenvalue weighted by Gasteiger charge is -2.03. The number of aromatic nitrogens is 2. The maximum Gasteiger partial charge on any atom is 0.272 e. The highest BCUT2D eigenvalue weighted by molar-refractivity contribution is 5.81. The van der Waals surface area contributed by atoms with Gasteiger partial charge >= 0.3 is 0 Å². The molecule has 0 spiro atoms. The second-order valence-corrected chi connectivity index (χ2v) is 3.22. The van der Waals surface area contributed by atoms with Gasteiger partial charge in [0.15, 0.2) is 0 Å². The minimum absolute atomic E-state index is 0.229. The van der Waals surface area contributed by atoms with E-state index < -0.39 is 0 Å². The summed E-state index contributed by atoms with van der Waals surface area (Å²) in [5.41, 5.74) is -0.529. The summed E-state index contributed by atoms with van der Waals surface area (Å²) in [7, 11) is 3.02. The Morgan fingerprint density at radius 2 is 1.82 bits per heavy atom. The topological polar surface area (TPSA) is 64.1 Å². The molecule has 0 fully saturated rings. The van der Waals surface area contributed by atoms with Crippen molar-refractivity contribution in [1.82, 2.24) is 9.78 Å². The van der Waals surface area contributed by atoms with Gasteiger partial charge in [-0.1, -0.05) is 13.8 Å². The molecule has 2 aromatic rings. The van der Waals surface area contributed by atoms with Crippen LogP contribution in [0, 0.1) is 0 Å². The highest BCUT2D eigenvalue weighted by Gasteiger charge is 2.05. The molecule has 0 aliphatic heterocycles. The van der Waals surface area contributed by atoms with Gasteiger partial charge in [0.25, 0.3) is 11.1 Å². The zero-order valence-corrected chi connectivity index (χ0v) is 10.4. The molecule has 5 heteroatoms. The number of benzene rings is 1. The Bertz CT molecular complexity index is 626. The molecule has 0 atom stereocenters. The fourth-order valence-corrected chi connectivity index (χ4v) is 1.47. The molecule has 1 aromatic carbocycles. The van der Waals surface area contributed by atoms with Crippen molar-refractivity contribution < 1.29 is 4.74 Å². The molecule has 0 saturated carbocycles. The van der Waals surface area contributed by atoms with Crippen LogP contribution in [0.15, 0.2) is 27.8 Å². The number of hydrogen-bond donors (Lipinski definition) is 1. The summed E-state index contributed by atoms with van der Waals surface area (Å²) in [6, 6.07) is 4.80. The summed E-state index contributed by atoms with van der Waals surface area (Å²) in [5, 5.41) is 3.16. The summed E-state index contributed by atoms with van der Waals surface area (Å²) >= 11 is 0. The van der Waals surface area contributed by atoms with Crippen LogP contribution in [0.1, 0.15) is 13.8 Å². The van der Waals surface area contributed by atoms with Crippen molar-refractivity contribution in [3.63, 3.8) is 0 Å². The molecule has 5 nitrogen and oxygen atoms in total. The van der Waals surface area contributed by atoms with Gasteiger partial charge in [-0.15, -0.1) is 0 Å². The summed E-state index contributed by atoms with van der Waals surface area (Å²) in [5.74, 6) is 0.557. The number of ether oxygens (including phenoxy) is 1. The lowest BCUT2D eigenvalue weighted by atomic mass is 10.2. The van der Waals surface area contributed by atoms with Gasteiger partial charge in [-0.2, -0.15) is 0 Å². The summed E-state index contributed by atoms with van der Waals surface area (Å²) in [6.45, 7) is 4.00. The molecule has 0 aliphatic rings. The second kappa shape index (κ2) is 5.34. The molecule has 1 heterocycles. The van der Waals surface area contributed by atoms with Crippen LogP contribution in [-0.4, -0.2) is 16.9 Å². The Hall–Kier alpha value is -2.04. The third kappa shape index (κ3) is 2.38. The third-order valence-electron chi connectivity index (χ3n) is 2.28. The van der Waals surface area contributed by atoms with Crippen LogP contribution in [-0.2, 0) is 7.05 Å².